The maximum absolute atomic E-state index is 12.5. The molecule has 0 saturated heterocycles. The number of amides is 1. The van der Waals surface area contributed by atoms with Crippen molar-refractivity contribution in [1.82, 2.24) is 20.2 Å². The molecular weight excluding hydrogens is 422 g/mol. The molecule has 1 fully saturated rings. The minimum Gasteiger partial charge on any atom is -0.486 e. The zero-order chi connectivity index (χ0) is 22.6. The fourth-order valence-corrected chi connectivity index (χ4v) is 4.79. The molecule has 3 aromatic rings. The fourth-order valence-electron chi connectivity index (χ4n) is 4.08. The Kier molecular flexibility index (Phi) is 6.69. The number of benzene rings is 2. The van der Waals surface area contributed by atoms with Crippen LogP contribution in [0.3, 0.4) is 0 Å². The third kappa shape index (κ3) is 5.07. The minimum absolute atomic E-state index is 0.0340. The van der Waals surface area contributed by atoms with E-state index in [0.717, 1.165) is 29.7 Å². The molecule has 8 heteroatoms. The summed E-state index contributed by atoms with van der Waals surface area (Å²) in [5, 5.41) is 11.8. The van der Waals surface area contributed by atoms with Crippen LogP contribution in [0.15, 0.2) is 53.7 Å². The number of hydrogen-bond donors (Lipinski definition) is 2. The van der Waals surface area contributed by atoms with Gasteiger partial charge >= 0.3 is 0 Å². The number of nitrogens with zero attached hydrogens (tertiary/aromatic N) is 3. The zero-order valence-corrected chi connectivity index (χ0v) is 19.3. The van der Waals surface area contributed by atoms with Crippen LogP contribution in [0.1, 0.15) is 41.8 Å². The zero-order valence-electron chi connectivity index (χ0n) is 18.5. The molecule has 4 rings (SSSR count). The number of ether oxygens (including phenoxy) is 1. The van der Waals surface area contributed by atoms with Gasteiger partial charge in [0.05, 0.1) is 5.75 Å². The van der Waals surface area contributed by atoms with Gasteiger partial charge in [0, 0.05) is 12.0 Å². The lowest BCUT2D eigenvalue weighted by Crippen LogP contribution is -2.46. The second kappa shape index (κ2) is 9.65. The Morgan fingerprint density at radius 1 is 1.16 bits per heavy atom. The molecule has 0 bridgehead atoms. The number of carbonyl (C=O) groups is 1. The number of aryl methyl sites for hydroxylation is 2. The lowest BCUT2D eigenvalue weighted by atomic mass is 9.64. The topological polar surface area (TPSA) is 95.1 Å². The Hall–Kier alpha value is -3.00. The molecule has 0 unspecified atom stereocenters. The van der Waals surface area contributed by atoms with Gasteiger partial charge in [-0.2, -0.15) is 0 Å². The third-order valence-corrected chi connectivity index (χ3v) is 6.89. The number of nitrogen functional groups attached to an aromatic ring is 1. The van der Waals surface area contributed by atoms with Crippen LogP contribution < -0.4 is 15.9 Å². The van der Waals surface area contributed by atoms with Crippen molar-refractivity contribution in [3.05, 3.63) is 71.0 Å². The average molecular weight is 452 g/mol. The van der Waals surface area contributed by atoms with Gasteiger partial charge in [0.15, 0.2) is 5.82 Å². The van der Waals surface area contributed by atoms with E-state index in [1.165, 1.54) is 28.4 Å². The summed E-state index contributed by atoms with van der Waals surface area (Å²) in [5.74, 6) is 7.59. The van der Waals surface area contributed by atoms with Crippen LogP contribution in [0.5, 0.6) is 5.75 Å². The van der Waals surface area contributed by atoms with E-state index < -0.39 is 0 Å². The molecule has 0 radical (unpaired) electrons. The van der Waals surface area contributed by atoms with Gasteiger partial charge in [-0.3, -0.25) is 4.79 Å². The molecule has 0 aliphatic heterocycles. The summed E-state index contributed by atoms with van der Waals surface area (Å²) in [5.41, 5.74) is 3.63. The van der Waals surface area contributed by atoms with E-state index in [1.54, 1.807) is 0 Å². The number of rotatable bonds is 9. The molecule has 1 amide bonds. The second-order valence-electron chi connectivity index (χ2n) is 8.45. The number of aromatic nitrogens is 3. The van der Waals surface area contributed by atoms with Gasteiger partial charge < -0.3 is 15.9 Å². The molecular formula is C24H29N5O2S. The molecule has 1 aliphatic rings. The predicted molar refractivity (Wildman–Crippen MR) is 126 cm³/mol. The minimum atomic E-state index is -0.0340. The van der Waals surface area contributed by atoms with Gasteiger partial charge in [0.2, 0.25) is 11.1 Å². The van der Waals surface area contributed by atoms with Crippen molar-refractivity contribution in [1.29, 1.82) is 0 Å². The van der Waals surface area contributed by atoms with E-state index in [-0.39, 0.29) is 23.7 Å². The summed E-state index contributed by atoms with van der Waals surface area (Å²) >= 11 is 1.27. The highest BCUT2D eigenvalue weighted by Crippen LogP contribution is 2.43. The highest BCUT2D eigenvalue weighted by molar-refractivity contribution is 7.99. The Morgan fingerprint density at radius 2 is 1.88 bits per heavy atom. The Labute approximate surface area is 192 Å². The molecule has 7 nitrogen and oxygen atoms in total. The first-order valence-corrected chi connectivity index (χ1v) is 11.8. The quantitative estimate of drug-likeness (QED) is 0.382. The Bertz CT molecular complexity index is 1060. The maximum atomic E-state index is 12.5. The van der Waals surface area contributed by atoms with Crippen LogP contribution in [-0.2, 0) is 16.8 Å². The third-order valence-electron chi connectivity index (χ3n) is 5.95. The normalized spacial score (nSPS) is 14.6. The number of nitrogens with two attached hydrogens (primary N) is 1. The molecule has 1 saturated carbocycles. The van der Waals surface area contributed by atoms with Crippen LogP contribution in [0.2, 0.25) is 0 Å². The Balaban J connectivity index is 1.28. The van der Waals surface area contributed by atoms with E-state index >= 15 is 0 Å². The fraction of sp³-hybridized carbons (Fsp3) is 0.375. The number of thioether (sulfide) groups is 1. The number of hydrogen-bond acceptors (Lipinski definition) is 6. The maximum Gasteiger partial charge on any atom is 0.230 e. The molecule has 168 valence electrons. The van der Waals surface area contributed by atoms with Gasteiger partial charge in [0.25, 0.3) is 0 Å². The molecule has 1 aromatic heterocycles. The molecule has 2 aromatic carbocycles. The lowest BCUT2D eigenvalue weighted by Gasteiger charge is -2.42. The number of carbonyl (C=O) groups excluding carboxylic acids is 1. The molecule has 1 aliphatic carbocycles. The van der Waals surface area contributed by atoms with Crippen molar-refractivity contribution in [2.45, 2.75) is 50.3 Å². The first-order chi connectivity index (χ1) is 15.4. The van der Waals surface area contributed by atoms with Crippen molar-refractivity contribution < 1.29 is 9.53 Å². The molecule has 0 atom stereocenters. The van der Waals surface area contributed by atoms with Crippen molar-refractivity contribution in [3.8, 4) is 5.75 Å². The molecule has 0 spiro atoms. The van der Waals surface area contributed by atoms with Crippen LogP contribution >= 0.6 is 11.8 Å². The van der Waals surface area contributed by atoms with Crippen molar-refractivity contribution in [2.24, 2.45) is 0 Å². The monoisotopic (exact) mass is 451 g/mol. The lowest BCUT2D eigenvalue weighted by molar-refractivity contribution is -0.119. The number of nitrogens with one attached hydrogen (secondary N) is 1. The van der Waals surface area contributed by atoms with Gasteiger partial charge in [-0.25, -0.2) is 4.68 Å². The largest absolute Gasteiger partial charge is 0.486 e. The smallest absolute Gasteiger partial charge is 0.230 e. The standard InChI is InChI=1S/C24H29N5O2S/c1-17-11-18(2)13-20(12-17)31-14-21-27-28-23(29(21)25)32-15-22(30)26-16-24(9-6-10-24)19-7-4-3-5-8-19/h3-5,7-8,11-13H,6,9-10,14-16,25H2,1-2H3,(H,26,30). The van der Waals surface area contributed by atoms with Gasteiger partial charge in [-0.1, -0.05) is 54.6 Å². The molecule has 32 heavy (non-hydrogen) atoms. The van der Waals surface area contributed by atoms with Gasteiger partial charge in [0.1, 0.15) is 12.4 Å². The first kappa shape index (κ1) is 22.2. The van der Waals surface area contributed by atoms with Crippen molar-refractivity contribution in [3.63, 3.8) is 0 Å². The highest BCUT2D eigenvalue weighted by Gasteiger charge is 2.38. The summed E-state index contributed by atoms with van der Waals surface area (Å²) < 4.78 is 7.21. The van der Waals surface area contributed by atoms with Crippen LogP contribution in [-0.4, -0.2) is 33.1 Å². The highest BCUT2D eigenvalue weighted by atomic mass is 32.2. The van der Waals surface area contributed by atoms with E-state index in [9.17, 15) is 4.79 Å². The van der Waals surface area contributed by atoms with Crippen LogP contribution in [0.4, 0.5) is 0 Å². The van der Waals surface area contributed by atoms with E-state index in [1.807, 2.05) is 32.0 Å². The second-order valence-corrected chi connectivity index (χ2v) is 9.39. The van der Waals surface area contributed by atoms with Crippen LogP contribution in [0.25, 0.3) is 0 Å². The van der Waals surface area contributed by atoms with Crippen molar-refractivity contribution in [2.75, 3.05) is 18.1 Å². The van der Waals surface area contributed by atoms with Crippen LogP contribution in [0, 0.1) is 13.8 Å². The summed E-state index contributed by atoms with van der Waals surface area (Å²) in [4.78, 5) is 12.5. The predicted octanol–water partition coefficient (Wildman–Crippen LogP) is 3.52. The van der Waals surface area contributed by atoms with E-state index in [4.69, 9.17) is 10.6 Å². The Morgan fingerprint density at radius 3 is 2.53 bits per heavy atom. The van der Waals surface area contributed by atoms with Crippen molar-refractivity contribution >= 4 is 17.7 Å². The van der Waals surface area contributed by atoms with E-state index in [2.05, 4.69) is 45.8 Å². The summed E-state index contributed by atoms with van der Waals surface area (Å²) in [6.45, 7) is 4.91. The van der Waals surface area contributed by atoms with Gasteiger partial charge in [-0.05, 0) is 55.5 Å². The first-order valence-electron chi connectivity index (χ1n) is 10.8. The van der Waals surface area contributed by atoms with E-state index in [0.29, 0.717) is 17.5 Å². The van der Waals surface area contributed by atoms with Gasteiger partial charge in [-0.15, -0.1) is 10.2 Å². The SMILES string of the molecule is Cc1cc(C)cc(OCc2nnc(SCC(=O)NCC3(c4ccccc4)CCC3)n2N)c1. The summed E-state index contributed by atoms with van der Waals surface area (Å²) in [7, 11) is 0. The average Bonchev–Trinajstić information content (AvgIpc) is 3.09. The summed E-state index contributed by atoms with van der Waals surface area (Å²) in [6.07, 6.45) is 3.40. The molecule has 3 N–H and O–H groups in total. The summed E-state index contributed by atoms with van der Waals surface area (Å²) in [6, 6.07) is 16.5. The molecule has 1 heterocycles.